The van der Waals surface area contributed by atoms with Gasteiger partial charge in [0.2, 0.25) is 11.8 Å². The van der Waals surface area contributed by atoms with Gasteiger partial charge in [0.15, 0.2) is 11.3 Å². The van der Waals surface area contributed by atoms with E-state index in [4.69, 9.17) is 37.8 Å². The molecule has 2 N–H and O–H groups in total. The van der Waals surface area contributed by atoms with Gasteiger partial charge in [0.1, 0.15) is 53.0 Å². The Morgan fingerprint density at radius 3 is 2.49 bits per heavy atom. The van der Waals surface area contributed by atoms with Crippen molar-refractivity contribution in [2.24, 2.45) is 17.8 Å². The van der Waals surface area contributed by atoms with Crippen LogP contribution in [0.5, 0.6) is 17.2 Å². The Morgan fingerprint density at radius 2 is 1.79 bits per heavy atom. The molecule has 15 nitrogen and oxygen atoms in total. The van der Waals surface area contributed by atoms with E-state index in [2.05, 4.69) is 24.5 Å². The van der Waals surface area contributed by atoms with Crippen molar-refractivity contribution in [1.29, 1.82) is 0 Å². The molecule has 15 heteroatoms. The number of aromatic nitrogens is 1. The van der Waals surface area contributed by atoms with E-state index in [0.29, 0.717) is 47.2 Å². The lowest BCUT2D eigenvalue weighted by Crippen LogP contribution is -2.45. The minimum atomic E-state index is -1.91. The van der Waals surface area contributed by atoms with Crippen LogP contribution in [0.25, 0.3) is 33.3 Å². The number of hydrogen-bond acceptors (Lipinski definition) is 13. The summed E-state index contributed by atoms with van der Waals surface area (Å²) in [7, 11) is 1.52. The summed E-state index contributed by atoms with van der Waals surface area (Å²) in [6, 6.07) is 3.35. The van der Waals surface area contributed by atoms with E-state index in [-0.39, 0.29) is 75.5 Å². The lowest BCUT2D eigenvalue weighted by Gasteiger charge is -2.36. The highest BCUT2D eigenvalue weighted by Crippen LogP contribution is 2.52. The highest BCUT2D eigenvalue weighted by Gasteiger charge is 2.51. The quantitative estimate of drug-likeness (QED) is 0.0600. The number of nitrogens with one attached hydrogen (secondary N) is 2. The van der Waals surface area contributed by atoms with Gasteiger partial charge in [-0.15, -0.1) is 0 Å². The molecule has 0 spiro atoms. The number of benzene rings is 3. The molecule has 0 saturated carbocycles. The molecule has 1 aliphatic carbocycles. The van der Waals surface area contributed by atoms with Gasteiger partial charge >= 0.3 is 11.8 Å². The molecule has 63 heavy (non-hydrogen) atoms. The van der Waals surface area contributed by atoms with Crippen molar-refractivity contribution in [3.63, 3.8) is 0 Å². The van der Waals surface area contributed by atoms with Crippen LogP contribution in [0.1, 0.15) is 89.7 Å². The van der Waals surface area contributed by atoms with Gasteiger partial charge < -0.3 is 43.5 Å². The van der Waals surface area contributed by atoms with Gasteiger partial charge in [-0.1, -0.05) is 52.8 Å². The van der Waals surface area contributed by atoms with Gasteiger partial charge in [-0.3, -0.25) is 24.0 Å². The number of aryl methyl sites for hydroxylation is 1. The first-order chi connectivity index (χ1) is 30.1. The van der Waals surface area contributed by atoms with Crippen molar-refractivity contribution < 1.29 is 52.0 Å². The summed E-state index contributed by atoms with van der Waals surface area (Å²) in [4.78, 5) is 73.1. The second kappa shape index (κ2) is 19.0. The average Bonchev–Trinajstić information content (AvgIpc) is 3.51. The molecule has 2 aromatic carbocycles. The molecule has 0 aromatic heterocycles. The molecule has 0 saturated heterocycles. The highest BCUT2D eigenvalue weighted by molar-refractivity contribution is 6.22. The van der Waals surface area contributed by atoms with Crippen LogP contribution in [-0.2, 0) is 28.6 Å². The number of allylic oxidation sites excluding steroid dienone is 3. The van der Waals surface area contributed by atoms with E-state index < -0.39 is 53.1 Å². The topological polar surface area (TPSA) is 191 Å². The number of esters is 1. The number of amides is 2. The summed E-state index contributed by atoms with van der Waals surface area (Å²) < 4.78 is 44.2. The zero-order chi connectivity index (χ0) is 45.9. The van der Waals surface area contributed by atoms with E-state index in [9.17, 15) is 19.2 Å². The van der Waals surface area contributed by atoms with Crippen molar-refractivity contribution in [3.05, 3.63) is 75.2 Å². The fourth-order valence-corrected chi connectivity index (χ4v) is 8.53. The normalized spacial score (nSPS) is 26.5. The third-order valence-corrected chi connectivity index (χ3v) is 11.6. The Balaban J connectivity index is 0.00000326. The first-order valence-corrected chi connectivity index (χ1v) is 21.4. The van der Waals surface area contributed by atoms with Crippen molar-refractivity contribution in [2.45, 2.75) is 106 Å². The number of carbonyl (C=O) groups excluding carboxylic acids is 4. The molecule has 7 atom stereocenters. The van der Waals surface area contributed by atoms with E-state index in [1.54, 1.807) is 45.1 Å². The van der Waals surface area contributed by atoms with Crippen molar-refractivity contribution in [3.8, 4) is 28.7 Å². The monoisotopic (exact) mass is 867 g/mol. The second-order valence-corrected chi connectivity index (χ2v) is 16.4. The number of methoxy groups -OCH3 is 1. The molecule has 6 bridgehead atoms. The van der Waals surface area contributed by atoms with Gasteiger partial charge in [0, 0.05) is 49.5 Å². The molecule has 0 fully saturated rings. The smallest absolute Gasteiger partial charge is 0.312 e. The number of nitrogens with zero attached hydrogens (tertiary/aromatic N) is 1. The molecule has 3 unspecified atom stereocenters. The first kappa shape index (κ1) is 46.3. The fourth-order valence-electron chi connectivity index (χ4n) is 8.53. The molecule has 5 aliphatic rings. The number of Topliss-reactive ketones (excluding diaryl/α,β-unsaturated/α-hetero) is 1. The predicted molar refractivity (Wildman–Crippen MR) is 237 cm³/mol. The maximum Gasteiger partial charge on any atom is 0.312 e. The minimum absolute atomic E-state index is 0.0117. The van der Waals surface area contributed by atoms with Crippen LogP contribution in [0.15, 0.2) is 57.5 Å². The molecule has 4 aliphatic heterocycles. The first-order valence-electron chi connectivity index (χ1n) is 21.4. The average molecular weight is 868 g/mol. The second-order valence-electron chi connectivity index (χ2n) is 16.4. The van der Waals surface area contributed by atoms with Gasteiger partial charge in [0.25, 0.3) is 11.7 Å². The summed E-state index contributed by atoms with van der Waals surface area (Å²) in [5.41, 5.74) is 0.960. The summed E-state index contributed by atoms with van der Waals surface area (Å²) in [5.74, 6) is -3.66. The Kier molecular flexibility index (Phi) is 14.0. The molecule has 2 amide bonds. The van der Waals surface area contributed by atoms with Crippen LogP contribution in [0.3, 0.4) is 0 Å². The van der Waals surface area contributed by atoms with Gasteiger partial charge in [-0.05, 0) is 63.2 Å². The summed E-state index contributed by atoms with van der Waals surface area (Å²) in [6.45, 7) is 18.3. The molecule has 7 rings (SSSR count). The molecule has 2 aromatic rings. The zero-order valence-electron chi connectivity index (χ0n) is 37.8. The Hall–Kier alpha value is -6.22. The lowest BCUT2D eigenvalue weighted by atomic mass is 9.85. The van der Waals surface area contributed by atoms with E-state index >= 15 is 4.79 Å². The Bertz CT molecular complexity index is 2560. The number of ether oxygens (including phenoxy) is 6. The van der Waals surface area contributed by atoms with E-state index in [1.807, 2.05) is 32.9 Å². The van der Waals surface area contributed by atoms with Crippen LogP contribution < -0.4 is 30.3 Å². The standard InChI is InChI=1S/C46H51N3O12.C2H6/c1-22-11-10-12-24(3)45(54)49-38-39(52)34-33(37-43(38)59-31-20-29(56-16-14-47-21-50)19-25(4)36(31)48-37)35-42-27(6)41(34)60-32(18-23(2)17-22)40(58-28(7)51)26(5)30(55-9)13-15-57-46(8,61-42)44(35)53;1-2/h10-13,15,19-23,26,30,32,40H,14,16-18H2,1-9H3,(H,47,50)(H,49,54);1-2H3/b11-10+,15-13+,24-12-;/t22?,23-,26-,30+,32?,40?,46+;/m1./s1. The summed E-state index contributed by atoms with van der Waals surface area (Å²) in [6.07, 6.45) is 7.63. The third kappa shape index (κ3) is 9.01. The maximum atomic E-state index is 15.4. The number of hydrogen-bond donors (Lipinski definition) is 2. The maximum absolute atomic E-state index is 15.4. The van der Waals surface area contributed by atoms with Crippen LogP contribution in [0.4, 0.5) is 5.69 Å². The molecular formula is C48H57N3O12. The Morgan fingerprint density at radius 1 is 1.05 bits per heavy atom. The number of fused-ring (bicyclic) bond motifs is 8. The van der Waals surface area contributed by atoms with Crippen LogP contribution in [0.2, 0.25) is 0 Å². The Labute approximate surface area is 366 Å². The molecule has 336 valence electrons. The fraction of sp³-hybridized carbons (Fsp3) is 0.458. The third-order valence-electron chi connectivity index (χ3n) is 11.6. The number of anilines is 1. The van der Waals surface area contributed by atoms with Gasteiger partial charge in [0.05, 0.1) is 29.9 Å². The number of rotatable bonds is 7. The SMILES string of the molecule is CC.CO[C@H]1/C=C/O[C@@]2(C)Oc3c(C)c4c5c(=O)c(c6oc7cc(OCCNC=O)cc(C)c7nc-6c5c3C2=O)NC(=O)/C(C)=C\C=C\C(C)C[C@@H](C)CC(O4)C(OC(C)=O)[C@@H]1C. The van der Waals surface area contributed by atoms with Crippen LogP contribution in [-0.4, -0.2) is 73.4 Å². The minimum Gasteiger partial charge on any atom is -0.492 e. The van der Waals surface area contributed by atoms with Gasteiger partial charge in [-0.25, -0.2) is 4.98 Å². The molecular weight excluding hydrogens is 811 g/mol. The van der Waals surface area contributed by atoms with Gasteiger partial charge in [-0.2, -0.15) is 0 Å². The summed E-state index contributed by atoms with van der Waals surface area (Å²) in [5, 5.41) is 5.37. The summed E-state index contributed by atoms with van der Waals surface area (Å²) >= 11 is 0. The number of ketones is 1. The van der Waals surface area contributed by atoms with Crippen molar-refractivity contribution in [2.75, 3.05) is 25.6 Å². The predicted octanol–water partition coefficient (Wildman–Crippen LogP) is 7.89. The molecule has 0 radical (unpaired) electrons. The lowest BCUT2D eigenvalue weighted by molar-refractivity contribution is -0.159. The zero-order valence-corrected chi connectivity index (χ0v) is 37.8. The van der Waals surface area contributed by atoms with E-state index in [0.717, 1.165) is 0 Å². The van der Waals surface area contributed by atoms with Crippen molar-refractivity contribution in [1.82, 2.24) is 10.3 Å². The highest BCUT2D eigenvalue weighted by atomic mass is 16.7. The molecule has 4 heterocycles. The van der Waals surface area contributed by atoms with E-state index in [1.165, 1.54) is 27.2 Å². The number of carbonyl (C=O) groups is 4. The largest absolute Gasteiger partial charge is 0.492 e. The van der Waals surface area contributed by atoms with Crippen LogP contribution >= 0.6 is 0 Å². The van der Waals surface area contributed by atoms with Crippen molar-refractivity contribution >= 4 is 51.6 Å². The van der Waals surface area contributed by atoms with Crippen LogP contribution in [0, 0.1) is 31.6 Å².